The first-order valence-corrected chi connectivity index (χ1v) is 10.7. The van der Waals surface area contributed by atoms with Gasteiger partial charge < -0.3 is 35.7 Å². The van der Waals surface area contributed by atoms with Gasteiger partial charge in [-0.15, -0.1) is 0 Å². The lowest BCUT2D eigenvalue weighted by molar-refractivity contribution is -0.144. The van der Waals surface area contributed by atoms with Crippen LogP contribution in [0.3, 0.4) is 0 Å². The van der Waals surface area contributed by atoms with Gasteiger partial charge in [0.1, 0.15) is 30.5 Å². The third-order valence-corrected chi connectivity index (χ3v) is 4.35. The summed E-state index contributed by atoms with van der Waals surface area (Å²) in [7, 11) is 0. The first kappa shape index (κ1) is 25.8. The molecule has 0 aliphatic heterocycles. The highest BCUT2D eigenvalue weighted by Crippen LogP contribution is 2.17. The second-order valence-corrected chi connectivity index (χ2v) is 8.33. The summed E-state index contributed by atoms with van der Waals surface area (Å²) in [6.07, 6.45) is 3.90. The number of aliphatic carboxylic acids is 1. The molecule has 0 aromatic carbocycles. The maximum absolute atomic E-state index is 12.5. The summed E-state index contributed by atoms with van der Waals surface area (Å²) in [6.45, 7) is 6.27. The van der Waals surface area contributed by atoms with Crippen molar-refractivity contribution in [3.05, 3.63) is 12.7 Å². The highest BCUT2D eigenvalue weighted by atomic mass is 16.6. The Morgan fingerprint density at radius 1 is 1.18 bits per heavy atom. The molecule has 0 spiro atoms. The molecule has 33 heavy (non-hydrogen) atoms. The predicted molar refractivity (Wildman–Crippen MR) is 121 cm³/mol. The van der Waals surface area contributed by atoms with Gasteiger partial charge >= 0.3 is 12.1 Å². The number of fused-ring (bicyclic) bond motifs is 1. The number of anilines is 1. The molecule has 0 aliphatic carbocycles. The fourth-order valence-corrected chi connectivity index (χ4v) is 2.94. The van der Waals surface area contributed by atoms with Crippen molar-refractivity contribution in [2.24, 2.45) is 5.73 Å². The van der Waals surface area contributed by atoms with Crippen LogP contribution in [0.25, 0.3) is 11.2 Å². The molecule has 0 fully saturated rings. The molecule has 0 unspecified atom stereocenters. The van der Waals surface area contributed by atoms with E-state index >= 15 is 0 Å². The average molecular weight is 465 g/mol. The summed E-state index contributed by atoms with van der Waals surface area (Å²) in [6, 6.07) is 0. The normalized spacial score (nSPS) is 11.3. The van der Waals surface area contributed by atoms with E-state index in [-0.39, 0.29) is 19.6 Å². The highest BCUT2D eigenvalue weighted by molar-refractivity contribution is 5.85. The van der Waals surface area contributed by atoms with Crippen LogP contribution in [0.2, 0.25) is 0 Å². The molecule has 2 aromatic rings. The Kier molecular flexibility index (Phi) is 9.33. The molecule has 2 rings (SSSR count). The summed E-state index contributed by atoms with van der Waals surface area (Å²) in [5, 5.41) is 14.9. The Morgan fingerprint density at radius 3 is 2.58 bits per heavy atom. The number of amides is 2. The smallest absolute Gasteiger partial charge is 0.407 e. The standard InChI is InChI=1S/C20H32N8O5/c1-20(2,3)33-19(32)23-8-5-4-7-22-17-16-18(25-12-24-17)28(13-26-16)10-14(29)27(9-6-21)11-15(30)31/h12-13H,4-11,21H2,1-3H3,(H,23,32)(H,30,31)(H,22,24,25). The lowest BCUT2D eigenvalue weighted by atomic mass is 10.2. The van der Waals surface area contributed by atoms with Crippen molar-refractivity contribution in [3.8, 4) is 0 Å². The van der Waals surface area contributed by atoms with Gasteiger partial charge in [-0.25, -0.2) is 19.7 Å². The van der Waals surface area contributed by atoms with Crippen LogP contribution in [0, 0.1) is 0 Å². The topological polar surface area (TPSA) is 178 Å². The Labute approximate surface area is 191 Å². The van der Waals surface area contributed by atoms with Crippen LogP contribution >= 0.6 is 0 Å². The zero-order chi connectivity index (χ0) is 24.4. The average Bonchev–Trinajstić information content (AvgIpc) is 3.12. The quantitative estimate of drug-likeness (QED) is 0.322. The number of hydrogen-bond donors (Lipinski definition) is 4. The number of nitrogens with two attached hydrogens (primary N) is 1. The van der Waals surface area contributed by atoms with Crippen LogP contribution in [0.4, 0.5) is 10.6 Å². The van der Waals surface area contributed by atoms with E-state index in [2.05, 4.69) is 25.6 Å². The molecule has 182 valence electrons. The van der Waals surface area contributed by atoms with Crippen molar-refractivity contribution in [2.75, 3.05) is 38.0 Å². The van der Waals surface area contributed by atoms with Gasteiger partial charge in [-0.1, -0.05) is 0 Å². The number of hydrogen-bond acceptors (Lipinski definition) is 9. The van der Waals surface area contributed by atoms with Gasteiger partial charge in [-0.2, -0.15) is 0 Å². The van der Waals surface area contributed by atoms with Gasteiger partial charge in [0.15, 0.2) is 11.5 Å². The van der Waals surface area contributed by atoms with Crippen LogP contribution in [-0.2, 0) is 20.9 Å². The molecule has 2 aromatic heterocycles. The maximum atomic E-state index is 12.5. The zero-order valence-electron chi connectivity index (χ0n) is 19.2. The monoisotopic (exact) mass is 464 g/mol. The molecule has 0 bridgehead atoms. The number of carboxylic acid groups (broad SMARTS) is 1. The van der Waals surface area contributed by atoms with Crippen LogP contribution < -0.4 is 16.4 Å². The van der Waals surface area contributed by atoms with Gasteiger partial charge in [-0.05, 0) is 33.6 Å². The van der Waals surface area contributed by atoms with Crippen molar-refractivity contribution in [2.45, 2.75) is 45.8 Å². The Hall–Kier alpha value is -3.48. The number of nitrogens with zero attached hydrogens (tertiary/aromatic N) is 5. The molecule has 0 aliphatic rings. The minimum Gasteiger partial charge on any atom is -0.480 e. The van der Waals surface area contributed by atoms with Crippen molar-refractivity contribution >= 4 is 35.0 Å². The Morgan fingerprint density at radius 2 is 1.91 bits per heavy atom. The van der Waals surface area contributed by atoms with Crippen LogP contribution in [0.5, 0.6) is 0 Å². The van der Waals surface area contributed by atoms with E-state index in [0.29, 0.717) is 30.1 Å². The van der Waals surface area contributed by atoms with Gasteiger partial charge in [0.25, 0.3) is 0 Å². The molecule has 5 N–H and O–H groups in total. The van der Waals surface area contributed by atoms with E-state index < -0.39 is 30.1 Å². The van der Waals surface area contributed by atoms with E-state index in [0.717, 1.165) is 12.8 Å². The third kappa shape index (κ3) is 8.52. The number of unbranched alkanes of at least 4 members (excludes halogenated alkanes) is 1. The van der Waals surface area contributed by atoms with Gasteiger partial charge in [-0.3, -0.25) is 9.59 Å². The highest BCUT2D eigenvalue weighted by Gasteiger charge is 2.19. The van der Waals surface area contributed by atoms with Crippen molar-refractivity contribution < 1.29 is 24.2 Å². The maximum Gasteiger partial charge on any atom is 0.407 e. The van der Waals surface area contributed by atoms with Crippen LogP contribution in [0.15, 0.2) is 12.7 Å². The molecule has 0 atom stereocenters. The molecule has 0 saturated heterocycles. The Balaban J connectivity index is 1.89. The number of ether oxygens (including phenoxy) is 1. The molecule has 2 heterocycles. The van der Waals surface area contributed by atoms with Crippen molar-refractivity contribution in [1.29, 1.82) is 0 Å². The molecule has 0 radical (unpaired) electrons. The van der Waals surface area contributed by atoms with E-state index in [1.807, 2.05) is 20.8 Å². The van der Waals surface area contributed by atoms with Crippen molar-refractivity contribution in [1.82, 2.24) is 29.7 Å². The van der Waals surface area contributed by atoms with Crippen LogP contribution in [0.1, 0.15) is 33.6 Å². The second-order valence-electron chi connectivity index (χ2n) is 8.33. The first-order chi connectivity index (χ1) is 15.6. The number of rotatable bonds is 12. The third-order valence-electron chi connectivity index (χ3n) is 4.35. The lowest BCUT2D eigenvalue weighted by Gasteiger charge is -2.20. The largest absolute Gasteiger partial charge is 0.480 e. The van der Waals surface area contributed by atoms with Gasteiger partial charge in [0.05, 0.1) is 6.33 Å². The minimum absolute atomic E-state index is 0.115. The molecular formula is C20H32N8O5. The number of carbonyl (C=O) groups excluding carboxylic acids is 2. The second kappa shape index (κ2) is 11.9. The van der Waals surface area contributed by atoms with Crippen molar-refractivity contribution in [3.63, 3.8) is 0 Å². The fourth-order valence-electron chi connectivity index (χ4n) is 2.94. The first-order valence-electron chi connectivity index (χ1n) is 10.7. The summed E-state index contributed by atoms with van der Waals surface area (Å²) in [5.74, 6) is -0.981. The SMILES string of the molecule is CC(C)(C)OC(=O)NCCCCNc1ncnc2c1ncn2CC(=O)N(CCN)CC(=O)O. The van der Waals surface area contributed by atoms with Crippen LogP contribution in [-0.4, -0.2) is 85.8 Å². The lowest BCUT2D eigenvalue weighted by Crippen LogP contribution is -2.40. The summed E-state index contributed by atoms with van der Waals surface area (Å²) < 4.78 is 6.73. The van der Waals surface area contributed by atoms with E-state index in [4.69, 9.17) is 15.6 Å². The number of carboxylic acids is 1. The summed E-state index contributed by atoms with van der Waals surface area (Å²) in [4.78, 5) is 49.0. The number of imidazole rings is 1. The molecular weight excluding hydrogens is 432 g/mol. The predicted octanol–water partition coefficient (Wildman–Crippen LogP) is 0.415. The van der Waals surface area contributed by atoms with E-state index in [1.165, 1.54) is 17.6 Å². The number of alkyl carbamates (subject to hydrolysis) is 1. The summed E-state index contributed by atoms with van der Waals surface area (Å²) in [5.41, 5.74) is 5.90. The number of aromatic nitrogens is 4. The van der Waals surface area contributed by atoms with E-state index in [9.17, 15) is 14.4 Å². The molecule has 2 amide bonds. The van der Waals surface area contributed by atoms with Gasteiger partial charge in [0, 0.05) is 26.2 Å². The van der Waals surface area contributed by atoms with E-state index in [1.54, 1.807) is 4.57 Å². The number of carbonyl (C=O) groups is 3. The summed E-state index contributed by atoms with van der Waals surface area (Å²) >= 11 is 0. The minimum atomic E-state index is -1.11. The fraction of sp³-hybridized carbons (Fsp3) is 0.600. The molecule has 13 nitrogen and oxygen atoms in total. The molecule has 13 heteroatoms. The molecule has 0 saturated carbocycles. The number of nitrogens with one attached hydrogen (secondary N) is 2. The van der Waals surface area contributed by atoms with Gasteiger partial charge in [0.2, 0.25) is 5.91 Å². The Bertz CT molecular complexity index is 956. The zero-order valence-corrected chi connectivity index (χ0v) is 19.2.